The van der Waals surface area contributed by atoms with E-state index in [1.807, 2.05) is 35.0 Å². The van der Waals surface area contributed by atoms with Crippen LogP contribution in [0.15, 0.2) is 42.6 Å². The van der Waals surface area contributed by atoms with Crippen molar-refractivity contribution in [1.82, 2.24) is 14.8 Å². The van der Waals surface area contributed by atoms with Crippen molar-refractivity contribution in [3.63, 3.8) is 0 Å². The standard InChI is InChI=1S/C27H31N5O3/c1-27(2)15-23-25(24(33)16-27)22(13-18-5-3-4-10-29-18)31-32(23)19-6-7-20(26(28)34)21(14-19)30-17-8-11-35-12-9-17/h3-7,10,14,17,30H,8-9,11-13,15-16H2,1-2H3,(H2,28,34). The zero-order valence-electron chi connectivity index (χ0n) is 20.2. The van der Waals surface area contributed by atoms with Crippen LogP contribution < -0.4 is 11.1 Å². The monoisotopic (exact) mass is 473 g/mol. The molecule has 1 fully saturated rings. The van der Waals surface area contributed by atoms with Crippen molar-refractivity contribution in [2.75, 3.05) is 18.5 Å². The average molecular weight is 474 g/mol. The van der Waals surface area contributed by atoms with Crippen LogP contribution in [0.2, 0.25) is 0 Å². The van der Waals surface area contributed by atoms with Gasteiger partial charge in [0.1, 0.15) is 0 Å². The highest BCUT2D eigenvalue weighted by Crippen LogP contribution is 2.38. The second-order valence-electron chi connectivity index (χ2n) is 10.2. The number of amides is 1. The Morgan fingerprint density at radius 3 is 2.71 bits per heavy atom. The van der Waals surface area contributed by atoms with Crippen LogP contribution in [0, 0.1) is 5.41 Å². The summed E-state index contributed by atoms with van der Waals surface area (Å²) in [5.74, 6) is -0.372. The molecular formula is C27H31N5O3. The maximum absolute atomic E-state index is 13.3. The molecule has 0 spiro atoms. The first-order valence-corrected chi connectivity index (χ1v) is 12.1. The normalized spacial score (nSPS) is 17.7. The summed E-state index contributed by atoms with van der Waals surface area (Å²) in [5, 5.41) is 8.42. The summed E-state index contributed by atoms with van der Waals surface area (Å²) < 4.78 is 7.34. The number of ketones is 1. The smallest absolute Gasteiger partial charge is 0.250 e. The van der Waals surface area contributed by atoms with Gasteiger partial charge in [-0.25, -0.2) is 4.68 Å². The Morgan fingerprint density at radius 1 is 1.20 bits per heavy atom. The van der Waals surface area contributed by atoms with Crippen LogP contribution in [0.5, 0.6) is 0 Å². The number of nitrogens with two attached hydrogens (primary N) is 1. The molecule has 0 atom stereocenters. The fourth-order valence-electron chi connectivity index (χ4n) is 5.10. The van der Waals surface area contributed by atoms with Gasteiger partial charge in [0.2, 0.25) is 0 Å². The molecule has 8 nitrogen and oxygen atoms in total. The molecule has 1 aromatic carbocycles. The number of nitrogens with one attached hydrogen (secondary N) is 1. The Kier molecular flexibility index (Phi) is 6.15. The molecule has 1 saturated heterocycles. The predicted octanol–water partition coefficient (Wildman–Crippen LogP) is 3.70. The third kappa shape index (κ3) is 4.84. The average Bonchev–Trinajstić information content (AvgIpc) is 3.17. The third-order valence-corrected chi connectivity index (χ3v) is 6.79. The minimum atomic E-state index is -0.485. The number of carbonyl (C=O) groups excluding carboxylic acids is 2. The number of Topliss-reactive ketones (excluding diaryl/α,β-unsaturated/α-hetero) is 1. The first-order valence-electron chi connectivity index (χ1n) is 12.1. The number of primary amides is 1. The Bertz CT molecular complexity index is 1260. The van der Waals surface area contributed by atoms with E-state index in [0.717, 1.165) is 42.0 Å². The van der Waals surface area contributed by atoms with Gasteiger partial charge in [-0.05, 0) is 55.0 Å². The summed E-state index contributed by atoms with van der Waals surface area (Å²) in [4.78, 5) is 29.9. The SMILES string of the molecule is CC1(C)CC(=O)c2c(Cc3ccccn3)nn(-c3ccc(C(N)=O)c(NC4CCOCC4)c3)c2C1. The molecule has 3 heterocycles. The van der Waals surface area contributed by atoms with Crippen molar-refractivity contribution < 1.29 is 14.3 Å². The first-order chi connectivity index (χ1) is 16.8. The van der Waals surface area contributed by atoms with Gasteiger partial charge in [-0.2, -0.15) is 5.10 Å². The predicted molar refractivity (Wildman–Crippen MR) is 133 cm³/mol. The Balaban J connectivity index is 1.59. The molecule has 182 valence electrons. The number of aromatic nitrogens is 3. The molecule has 0 bridgehead atoms. The highest BCUT2D eigenvalue weighted by atomic mass is 16.5. The maximum atomic E-state index is 13.3. The van der Waals surface area contributed by atoms with Gasteiger partial charge in [0.15, 0.2) is 5.78 Å². The number of carbonyl (C=O) groups is 2. The van der Waals surface area contributed by atoms with Crippen LogP contribution in [-0.4, -0.2) is 45.7 Å². The summed E-state index contributed by atoms with van der Waals surface area (Å²) in [6.07, 6.45) is 5.16. The molecular weight excluding hydrogens is 442 g/mol. The van der Waals surface area contributed by atoms with Gasteiger partial charge in [-0.3, -0.25) is 14.6 Å². The van der Waals surface area contributed by atoms with Gasteiger partial charge in [0.05, 0.1) is 28.2 Å². The summed E-state index contributed by atoms with van der Waals surface area (Å²) in [7, 11) is 0. The lowest BCUT2D eigenvalue weighted by atomic mass is 9.75. The van der Waals surface area contributed by atoms with Crippen LogP contribution in [0.1, 0.15) is 70.9 Å². The number of ether oxygens (including phenoxy) is 1. The van der Waals surface area contributed by atoms with E-state index in [4.69, 9.17) is 15.6 Å². The zero-order chi connectivity index (χ0) is 24.6. The van der Waals surface area contributed by atoms with Crippen molar-refractivity contribution in [3.05, 3.63) is 70.8 Å². The van der Waals surface area contributed by atoms with Crippen molar-refractivity contribution in [3.8, 4) is 5.69 Å². The van der Waals surface area contributed by atoms with E-state index < -0.39 is 5.91 Å². The number of fused-ring (bicyclic) bond motifs is 1. The van der Waals surface area contributed by atoms with Crippen LogP contribution >= 0.6 is 0 Å². The lowest BCUT2D eigenvalue weighted by Gasteiger charge is -2.29. The van der Waals surface area contributed by atoms with Crippen LogP contribution in [0.3, 0.4) is 0 Å². The van der Waals surface area contributed by atoms with E-state index in [1.54, 1.807) is 12.3 Å². The topological polar surface area (TPSA) is 112 Å². The lowest BCUT2D eigenvalue weighted by molar-refractivity contribution is 0.0902. The molecule has 0 unspecified atom stereocenters. The van der Waals surface area contributed by atoms with Gasteiger partial charge < -0.3 is 15.8 Å². The Labute approximate surface area is 204 Å². The van der Waals surface area contributed by atoms with Gasteiger partial charge in [-0.1, -0.05) is 19.9 Å². The second-order valence-corrected chi connectivity index (χ2v) is 10.2. The first kappa shape index (κ1) is 23.2. The van der Waals surface area contributed by atoms with E-state index in [-0.39, 0.29) is 17.2 Å². The van der Waals surface area contributed by atoms with E-state index >= 15 is 0 Å². The lowest BCUT2D eigenvalue weighted by Crippen LogP contribution is -2.29. The number of rotatable bonds is 6. The van der Waals surface area contributed by atoms with Crippen LogP contribution in [-0.2, 0) is 17.6 Å². The fourth-order valence-corrected chi connectivity index (χ4v) is 5.10. The molecule has 3 aromatic rings. The summed E-state index contributed by atoms with van der Waals surface area (Å²) in [6.45, 7) is 5.59. The fraction of sp³-hybridized carbons (Fsp3) is 0.407. The Morgan fingerprint density at radius 2 is 2.00 bits per heavy atom. The summed E-state index contributed by atoms with van der Waals surface area (Å²) in [5.41, 5.74) is 10.6. The number of hydrogen-bond acceptors (Lipinski definition) is 6. The van der Waals surface area contributed by atoms with Crippen molar-refractivity contribution in [2.45, 2.75) is 52.0 Å². The summed E-state index contributed by atoms with van der Waals surface area (Å²) in [6, 6.07) is 11.5. The largest absolute Gasteiger partial charge is 0.381 e. The van der Waals surface area contributed by atoms with Crippen molar-refractivity contribution in [1.29, 1.82) is 0 Å². The molecule has 1 aliphatic carbocycles. The van der Waals surface area contributed by atoms with Gasteiger partial charge in [-0.15, -0.1) is 0 Å². The van der Waals surface area contributed by atoms with Gasteiger partial charge in [0, 0.05) is 49.7 Å². The highest BCUT2D eigenvalue weighted by molar-refractivity contribution is 6.00. The molecule has 1 aliphatic heterocycles. The van der Waals surface area contributed by atoms with Crippen molar-refractivity contribution in [2.24, 2.45) is 11.1 Å². The number of pyridine rings is 1. The third-order valence-electron chi connectivity index (χ3n) is 6.79. The molecule has 5 rings (SSSR count). The second kappa shape index (κ2) is 9.26. The quantitative estimate of drug-likeness (QED) is 0.565. The molecule has 0 saturated carbocycles. The van der Waals surface area contributed by atoms with Crippen molar-refractivity contribution >= 4 is 17.4 Å². The maximum Gasteiger partial charge on any atom is 0.250 e. The summed E-state index contributed by atoms with van der Waals surface area (Å²) >= 11 is 0. The molecule has 3 N–H and O–H groups in total. The highest BCUT2D eigenvalue weighted by Gasteiger charge is 2.37. The van der Waals surface area contributed by atoms with Crippen LogP contribution in [0.25, 0.3) is 5.69 Å². The van der Waals surface area contributed by atoms with E-state index in [0.29, 0.717) is 42.9 Å². The molecule has 2 aliphatic rings. The van der Waals surface area contributed by atoms with E-state index in [9.17, 15) is 9.59 Å². The number of anilines is 1. The minimum Gasteiger partial charge on any atom is -0.381 e. The van der Waals surface area contributed by atoms with E-state index in [1.165, 1.54) is 0 Å². The molecule has 1 amide bonds. The van der Waals surface area contributed by atoms with E-state index in [2.05, 4.69) is 24.1 Å². The number of benzene rings is 1. The van der Waals surface area contributed by atoms with Crippen LogP contribution in [0.4, 0.5) is 5.69 Å². The number of nitrogens with zero attached hydrogens (tertiary/aromatic N) is 3. The Hall–Kier alpha value is -3.52. The molecule has 0 radical (unpaired) electrons. The molecule has 8 heteroatoms. The zero-order valence-corrected chi connectivity index (χ0v) is 20.2. The van der Waals surface area contributed by atoms with Gasteiger partial charge in [0.25, 0.3) is 5.91 Å². The minimum absolute atomic E-state index is 0.114. The number of hydrogen-bond donors (Lipinski definition) is 2. The molecule has 35 heavy (non-hydrogen) atoms. The van der Waals surface area contributed by atoms with Gasteiger partial charge >= 0.3 is 0 Å². The molecule has 2 aromatic heterocycles.